The first-order valence-electron chi connectivity index (χ1n) is 8.20. The smallest absolute Gasteiger partial charge is 0.326 e. The Morgan fingerprint density at radius 2 is 1.59 bits per heavy atom. The number of nitrogens with one attached hydrogen (secondary N) is 1. The van der Waals surface area contributed by atoms with Gasteiger partial charge in [0.05, 0.1) is 16.7 Å². The summed E-state index contributed by atoms with van der Waals surface area (Å²) in [7, 11) is 0. The molecule has 5 nitrogen and oxygen atoms in total. The van der Waals surface area contributed by atoms with E-state index in [4.69, 9.17) is 0 Å². The van der Waals surface area contributed by atoms with Crippen molar-refractivity contribution in [1.82, 2.24) is 4.90 Å². The molecule has 0 spiro atoms. The molecule has 3 amide bonds. The van der Waals surface area contributed by atoms with E-state index in [0.717, 1.165) is 17.0 Å². The quantitative estimate of drug-likeness (QED) is 0.809. The highest BCUT2D eigenvalue weighted by Gasteiger charge is 2.34. The van der Waals surface area contributed by atoms with E-state index >= 15 is 0 Å². The number of amides is 3. The minimum absolute atomic E-state index is 0.0376. The van der Waals surface area contributed by atoms with Gasteiger partial charge in [0.25, 0.3) is 11.8 Å². The lowest BCUT2D eigenvalue weighted by Gasteiger charge is -2.13. The summed E-state index contributed by atoms with van der Waals surface area (Å²) in [6, 6.07) is 10.8. The van der Waals surface area contributed by atoms with E-state index in [9.17, 15) is 27.6 Å². The number of hydrogen-bond acceptors (Lipinski definition) is 3. The summed E-state index contributed by atoms with van der Waals surface area (Å²) in [6.07, 6.45) is -4.33. The fourth-order valence-electron chi connectivity index (χ4n) is 2.84. The highest BCUT2D eigenvalue weighted by Crippen LogP contribution is 2.30. The third-order valence-corrected chi connectivity index (χ3v) is 4.14. The third kappa shape index (κ3) is 3.99. The van der Waals surface area contributed by atoms with Crippen molar-refractivity contribution in [2.75, 3.05) is 11.9 Å². The lowest BCUT2D eigenvalue weighted by atomic mass is 10.1. The van der Waals surface area contributed by atoms with Crippen molar-refractivity contribution in [3.8, 4) is 0 Å². The van der Waals surface area contributed by atoms with Crippen LogP contribution in [0.2, 0.25) is 0 Å². The summed E-state index contributed by atoms with van der Waals surface area (Å²) in [6.45, 7) is 0.0579. The van der Waals surface area contributed by atoms with Gasteiger partial charge < -0.3 is 5.32 Å². The van der Waals surface area contributed by atoms with Gasteiger partial charge in [-0.05, 0) is 36.8 Å². The molecule has 3 rings (SSSR count). The Morgan fingerprint density at radius 3 is 2.19 bits per heavy atom. The molecule has 8 heteroatoms. The average Bonchev–Trinajstić information content (AvgIpc) is 2.86. The molecule has 0 saturated heterocycles. The first-order valence-corrected chi connectivity index (χ1v) is 8.20. The van der Waals surface area contributed by atoms with Crippen molar-refractivity contribution < 1.29 is 27.6 Å². The van der Waals surface area contributed by atoms with Crippen molar-refractivity contribution in [1.29, 1.82) is 0 Å². The highest BCUT2D eigenvalue weighted by molar-refractivity contribution is 6.21. The SMILES string of the molecule is O=C(CCCN1C(=O)c2ccccc2C1=O)Nc1cccc(C(F)(F)F)c1. The van der Waals surface area contributed by atoms with Crippen LogP contribution in [0.3, 0.4) is 0 Å². The van der Waals surface area contributed by atoms with Crippen LogP contribution < -0.4 is 5.32 Å². The molecule has 2 aromatic carbocycles. The number of hydrogen-bond donors (Lipinski definition) is 1. The number of halogens is 3. The molecule has 0 radical (unpaired) electrons. The van der Waals surface area contributed by atoms with Crippen LogP contribution in [0.1, 0.15) is 39.1 Å². The molecule has 0 unspecified atom stereocenters. The predicted octanol–water partition coefficient (Wildman–Crippen LogP) is 3.72. The zero-order chi connectivity index (χ0) is 19.6. The molecule has 0 fully saturated rings. The maximum absolute atomic E-state index is 12.7. The topological polar surface area (TPSA) is 66.5 Å². The van der Waals surface area contributed by atoms with Gasteiger partial charge in [0.1, 0.15) is 0 Å². The van der Waals surface area contributed by atoms with E-state index in [1.165, 1.54) is 12.1 Å². The van der Waals surface area contributed by atoms with E-state index in [-0.39, 0.29) is 25.1 Å². The Hall–Kier alpha value is -3.16. The van der Waals surface area contributed by atoms with Gasteiger partial charge in [-0.1, -0.05) is 18.2 Å². The molecule has 1 aliphatic rings. The molecule has 0 aromatic heterocycles. The molecule has 1 heterocycles. The molecular formula is C19H15F3N2O3. The van der Waals surface area contributed by atoms with Crippen molar-refractivity contribution >= 4 is 23.4 Å². The summed E-state index contributed by atoms with van der Waals surface area (Å²) < 4.78 is 38.1. The standard InChI is InChI=1S/C19H15F3N2O3/c20-19(21,22)12-5-3-6-13(11-12)23-16(25)9-4-10-24-17(26)14-7-1-2-8-15(14)18(24)27/h1-3,5-8,11H,4,9-10H2,(H,23,25). The Balaban J connectivity index is 1.54. The maximum atomic E-state index is 12.7. The summed E-state index contributed by atoms with van der Waals surface area (Å²) in [5.74, 6) is -1.31. The Morgan fingerprint density at radius 1 is 0.963 bits per heavy atom. The van der Waals surface area contributed by atoms with Gasteiger partial charge in [-0.15, -0.1) is 0 Å². The van der Waals surface area contributed by atoms with Gasteiger partial charge in [0.15, 0.2) is 0 Å². The molecule has 27 heavy (non-hydrogen) atoms. The first kappa shape index (κ1) is 18.6. The molecular weight excluding hydrogens is 361 g/mol. The van der Waals surface area contributed by atoms with E-state index in [1.54, 1.807) is 24.3 Å². The number of nitrogens with zero attached hydrogens (tertiary/aromatic N) is 1. The van der Waals surface area contributed by atoms with Crippen molar-refractivity contribution in [3.05, 3.63) is 65.2 Å². The van der Waals surface area contributed by atoms with E-state index in [0.29, 0.717) is 11.1 Å². The molecule has 0 bridgehead atoms. The van der Waals surface area contributed by atoms with Gasteiger partial charge >= 0.3 is 6.18 Å². The molecule has 0 aliphatic carbocycles. The molecule has 2 aromatic rings. The first-order chi connectivity index (χ1) is 12.8. The molecule has 0 atom stereocenters. The van der Waals surface area contributed by atoms with Crippen molar-refractivity contribution in [3.63, 3.8) is 0 Å². The van der Waals surface area contributed by atoms with Gasteiger partial charge in [-0.25, -0.2) is 0 Å². The normalized spacial score (nSPS) is 13.7. The molecule has 1 N–H and O–H groups in total. The van der Waals surface area contributed by atoms with E-state index in [1.807, 2.05) is 0 Å². The minimum atomic E-state index is -4.49. The second-order valence-corrected chi connectivity index (χ2v) is 6.04. The zero-order valence-corrected chi connectivity index (χ0v) is 14.0. The number of anilines is 1. The number of fused-ring (bicyclic) bond motifs is 1. The Kier molecular flexibility index (Phi) is 4.98. The monoisotopic (exact) mass is 376 g/mol. The highest BCUT2D eigenvalue weighted by atomic mass is 19.4. The summed E-state index contributed by atoms with van der Waals surface area (Å²) in [5.41, 5.74) is -0.159. The summed E-state index contributed by atoms with van der Waals surface area (Å²) >= 11 is 0. The number of alkyl halides is 3. The van der Waals surface area contributed by atoms with Crippen LogP contribution in [0.25, 0.3) is 0 Å². The summed E-state index contributed by atoms with van der Waals surface area (Å²) in [5, 5.41) is 2.39. The molecule has 1 aliphatic heterocycles. The molecule has 140 valence electrons. The van der Waals surface area contributed by atoms with E-state index < -0.39 is 29.5 Å². The largest absolute Gasteiger partial charge is 0.416 e. The van der Waals surface area contributed by atoms with Crippen LogP contribution >= 0.6 is 0 Å². The average molecular weight is 376 g/mol. The van der Waals surface area contributed by atoms with Gasteiger partial charge in [0.2, 0.25) is 5.91 Å². The minimum Gasteiger partial charge on any atom is -0.326 e. The lowest BCUT2D eigenvalue weighted by Crippen LogP contribution is -2.31. The van der Waals surface area contributed by atoms with Crippen LogP contribution in [0, 0.1) is 0 Å². The fourth-order valence-corrected chi connectivity index (χ4v) is 2.84. The zero-order valence-electron chi connectivity index (χ0n) is 14.0. The third-order valence-electron chi connectivity index (χ3n) is 4.14. The number of imide groups is 1. The maximum Gasteiger partial charge on any atom is 0.416 e. The Bertz CT molecular complexity index is 874. The van der Waals surface area contributed by atoms with Crippen LogP contribution in [0.15, 0.2) is 48.5 Å². The number of carbonyl (C=O) groups is 3. The van der Waals surface area contributed by atoms with Gasteiger partial charge in [-0.2, -0.15) is 13.2 Å². The van der Waals surface area contributed by atoms with Crippen LogP contribution in [0.5, 0.6) is 0 Å². The Labute approximate surface area is 152 Å². The van der Waals surface area contributed by atoms with E-state index in [2.05, 4.69) is 5.32 Å². The van der Waals surface area contributed by atoms with Crippen molar-refractivity contribution in [2.45, 2.75) is 19.0 Å². The van der Waals surface area contributed by atoms with Crippen molar-refractivity contribution in [2.24, 2.45) is 0 Å². The number of rotatable bonds is 5. The second-order valence-electron chi connectivity index (χ2n) is 6.04. The van der Waals surface area contributed by atoms with Gasteiger partial charge in [-0.3, -0.25) is 19.3 Å². The summed E-state index contributed by atoms with van der Waals surface area (Å²) in [4.78, 5) is 37.4. The second kappa shape index (κ2) is 7.22. The van der Waals surface area contributed by atoms with Gasteiger partial charge in [0, 0.05) is 18.7 Å². The number of benzene rings is 2. The van der Waals surface area contributed by atoms with Crippen LogP contribution in [0.4, 0.5) is 18.9 Å². The lowest BCUT2D eigenvalue weighted by molar-refractivity contribution is -0.137. The molecule has 0 saturated carbocycles. The fraction of sp³-hybridized carbons (Fsp3) is 0.211. The van der Waals surface area contributed by atoms with Crippen LogP contribution in [-0.4, -0.2) is 29.2 Å². The predicted molar refractivity (Wildman–Crippen MR) is 91.1 cm³/mol. The number of carbonyl (C=O) groups excluding carboxylic acids is 3. The van der Waals surface area contributed by atoms with Crippen LogP contribution in [-0.2, 0) is 11.0 Å².